The number of piperidine rings is 1. The molecule has 0 atom stereocenters. The Hall–Kier alpha value is -1.69. The van der Waals surface area contributed by atoms with Crippen LogP contribution in [0.4, 0.5) is 4.79 Å². The fourth-order valence-corrected chi connectivity index (χ4v) is 2.41. The molecule has 2 heterocycles. The van der Waals surface area contributed by atoms with Crippen LogP contribution in [0.5, 0.6) is 0 Å². The Balaban J connectivity index is 1.76. The SMILES string of the molecule is Cc1nccc(CNC2CCN(C(=O)N(C)C)CC2)n1. The maximum absolute atomic E-state index is 11.8. The molecule has 0 unspecified atom stereocenters. The third kappa shape index (κ3) is 3.90. The van der Waals surface area contributed by atoms with Crippen molar-refractivity contribution < 1.29 is 4.79 Å². The normalized spacial score (nSPS) is 16.2. The molecule has 20 heavy (non-hydrogen) atoms. The van der Waals surface area contributed by atoms with Gasteiger partial charge in [0.2, 0.25) is 0 Å². The first kappa shape index (κ1) is 14.7. The molecule has 6 nitrogen and oxygen atoms in total. The molecule has 0 aliphatic carbocycles. The molecule has 6 heteroatoms. The van der Waals surface area contributed by atoms with Gasteiger partial charge in [-0.3, -0.25) is 0 Å². The van der Waals surface area contributed by atoms with E-state index in [1.165, 1.54) is 0 Å². The maximum atomic E-state index is 11.8. The predicted molar refractivity (Wildman–Crippen MR) is 77.3 cm³/mol. The van der Waals surface area contributed by atoms with E-state index >= 15 is 0 Å². The summed E-state index contributed by atoms with van der Waals surface area (Å²) in [4.78, 5) is 23.9. The number of nitrogens with zero attached hydrogens (tertiary/aromatic N) is 4. The van der Waals surface area contributed by atoms with E-state index in [4.69, 9.17) is 0 Å². The molecule has 110 valence electrons. The minimum absolute atomic E-state index is 0.106. The van der Waals surface area contributed by atoms with Crippen molar-refractivity contribution in [3.05, 3.63) is 23.8 Å². The van der Waals surface area contributed by atoms with E-state index in [0.717, 1.165) is 44.0 Å². The average Bonchev–Trinajstić information content (AvgIpc) is 2.45. The number of likely N-dealkylation sites (tertiary alicyclic amines) is 1. The number of carbonyl (C=O) groups excluding carboxylic acids is 1. The maximum Gasteiger partial charge on any atom is 0.319 e. The predicted octanol–water partition coefficient (Wildman–Crippen LogP) is 1.02. The zero-order chi connectivity index (χ0) is 14.5. The van der Waals surface area contributed by atoms with Crippen LogP contribution >= 0.6 is 0 Å². The van der Waals surface area contributed by atoms with Crippen molar-refractivity contribution in [2.75, 3.05) is 27.2 Å². The van der Waals surface area contributed by atoms with E-state index in [-0.39, 0.29) is 6.03 Å². The zero-order valence-electron chi connectivity index (χ0n) is 12.5. The van der Waals surface area contributed by atoms with E-state index in [0.29, 0.717) is 6.04 Å². The summed E-state index contributed by atoms with van der Waals surface area (Å²) in [5.41, 5.74) is 1.02. The van der Waals surface area contributed by atoms with Gasteiger partial charge in [0.05, 0.1) is 5.69 Å². The Morgan fingerprint density at radius 3 is 2.75 bits per heavy atom. The molecular formula is C14H23N5O. The fourth-order valence-electron chi connectivity index (χ4n) is 2.41. The zero-order valence-corrected chi connectivity index (χ0v) is 12.5. The van der Waals surface area contributed by atoms with E-state index < -0.39 is 0 Å². The fraction of sp³-hybridized carbons (Fsp3) is 0.643. The summed E-state index contributed by atoms with van der Waals surface area (Å²) in [5, 5.41) is 3.51. The first-order valence-corrected chi connectivity index (χ1v) is 7.04. The molecule has 1 aliphatic rings. The monoisotopic (exact) mass is 277 g/mol. The van der Waals surface area contributed by atoms with Crippen LogP contribution in [-0.4, -0.2) is 59.0 Å². The summed E-state index contributed by atoms with van der Waals surface area (Å²) in [6, 6.07) is 2.50. The van der Waals surface area contributed by atoms with Crippen LogP contribution in [0.25, 0.3) is 0 Å². The molecule has 1 fully saturated rings. The van der Waals surface area contributed by atoms with E-state index in [1.54, 1.807) is 25.2 Å². The second kappa shape index (κ2) is 6.65. The van der Waals surface area contributed by atoms with Crippen molar-refractivity contribution in [3.8, 4) is 0 Å². The molecule has 1 aliphatic heterocycles. The molecule has 1 aromatic rings. The van der Waals surface area contributed by atoms with Gasteiger partial charge >= 0.3 is 6.03 Å². The van der Waals surface area contributed by atoms with Gasteiger partial charge in [-0.15, -0.1) is 0 Å². The molecule has 1 aromatic heterocycles. The minimum Gasteiger partial charge on any atom is -0.331 e. The summed E-state index contributed by atoms with van der Waals surface area (Å²) in [7, 11) is 3.59. The third-order valence-corrected chi connectivity index (χ3v) is 3.55. The molecule has 0 saturated carbocycles. The van der Waals surface area contributed by atoms with E-state index in [2.05, 4.69) is 15.3 Å². The Morgan fingerprint density at radius 1 is 1.45 bits per heavy atom. The first-order chi connectivity index (χ1) is 9.56. The van der Waals surface area contributed by atoms with Gasteiger partial charge in [0, 0.05) is 46.0 Å². The van der Waals surface area contributed by atoms with Gasteiger partial charge in [-0.25, -0.2) is 14.8 Å². The molecule has 1 saturated heterocycles. The van der Waals surface area contributed by atoms with E-state index in [9.17, 15) is 4.79 Å². The summed E-state index contributed by atoms with van der Waals surface area (Å²) in [6.07, 6.45) is 3.77. The number of hydrogen-bond donors (Lipinski definition) is 1. The molecule has 0 bridgehead atoms. The number of hydrogen-bond acceptors (Lipinski definition) is 4. The summed E-state index contributed by atoms with van der Waals surface area (Å²) >= 11 is 0. The highest BCUT2D eigenvalue weighted by Crippen LogP contribution is 2.12. The highest BCUT2D eigenvalue weighted by atomic mass is 16.2. The van der Waals surface area contributed by atoms with Crippen LogP contribution in [0.1, 0.15) is 24.4 Å². The van der Waals surface area contributed by atoms with Crippen molar-refractivity contribution in [1.82, 2.24) is 25.1 Å². The topological polar surface area (TPSA) is 61.4 Å². The Morgan fingerprint density at radius 2 is 2.15 bits per heavy atom. The number of rotatable bonds is 3. The molecule has 1 N–H and O–H groups in total. The summed E-state index contributed by atoms with van der Waals surface area (Å²) < 4.78 is 0. The number of nitrogens with one attached hydrogen (secondary N) is 1. The number of carbonyl (C=O) groups is 1. The molecular weight excluding hydrogens is 254 g/mol. The lowest BCUT2D eigenvalue weighted by Gasteiger charge is -2.34. The lowest BCUT2D eigenvalue weighted by Crippen LogP contribution is -2.47. The van der Waals surface area contributed by atoms with Crippen LogP contribution in [0, 0.1) is 6.92 Å². The van der Waals surface area contributed by atoms with Gasteiger partial charge in [0.15, 0.2) is 0 Å². The van der Waals surface area contributed by atoms with Crippen molar-refractivity contribution in [2.24, 2.45) is 0 Å². The van der Waals surface area contributed by atoms with Crippen LogP contribution in [0.3, 0.4) is 0 Å². The van der Waals surface area contributed by atoms with Crippen molar-refractivity contribution in [2.45, 2.75) is 32.4 Å². The Labute approximate surface area is 120 Å². The Bertz CT molecular complexity index is 455. The van der Waals surface area contributed by atoms with Crippen LogP contribution in [0.2, 0.25) is 0 Å². The molecule has 0 spiro atoms. The van der Waals surface area contributed by atoms with Crippen LogP contribution in [0.15, 0.2) is 12.3 Å². The number of aromatic nitrogens is 2. The third-order valence-electron chi connectivity index (χ3n) is 3.55. The Kier molecular flexibility index (Phi) is 4.89. The number of aryl methyl sites for hydroxylation is 1. The quantitative estimate of drug-likeness (QED) is 0.896. The van der Waals surface area contributed by atoms with Gasteiger partial charge in [-0.2, -0.15) is 0 Å². The van der Waals surface area contributed by atoms with Gasteiger partial charge in [-0.1, -0.05) is 0 Å². The first-order valence-electron chi connectivity index (χ1n) is 7.04. The van der Waals surface area contributed by atoms with Gasteiger partial charge in [0.25, 0.3) is 0 Å². The highest BCUT2D eigenvalue weighted by molar-refractivity contribution is 5.73. The second-order valence-corrected chi connectivity index (χ2v) is 5.41. The molecule has 2 amide bonds. The van der Waals surface area contributed by atoms with Crippen LogP contribution < -0.4 is 5.32 Å². The number of urea groups is 1. The van der Waals surface area contributed by atoms with Crippen molar-refractivity contribution >= 4 is 6.03 Å². The van der Waals surface area contributed by atoms with Gasteiger partial charge in [0.1, 0.15) is 5.82 Å². The lowest BCUT2D eigenvalue weighted by atomic mass is 10.1. The lowest BCUT2D eigenvalue weighted by molar-refractivity contribution is 0.152. The smallest absolute Gasteiger partial charge is 0.319 e. The number of amides is 2. The van der Waals surface area contributed by atoms with Crippen LogP contribution in [-0.2, 0) is 6.54 Å². The second-order valence-electron chi connectivity index (χ2n) is 5.41. The van der Waals surface area contributed by atoms with Gasteiger partial charge < -0.3 is 15.1 Å². The van der Waals surface area contributed by atoms with Gasteiger partial charge in [-0.05, 0) is 25.8 Å². The highest BCUT2D eigenvalue weighted by Gasteiger charge is 2.23. The largest absolute Gasteiger partial charge is 0.331 e. The minimum atomic E-state index is 0.106. The standard InChI is InChI=1S/C14H23N5O/c1-11-15-7-4-13(17-11)10-16-12-5-8-19(9-6-12)14(20)18(2)3/h4,7,12,16H,5-6,8-10H2,1-3H3. The van der Waals surface area contributed by atoms with E-state index in [1.807, 2.05) is 17.9 Å². The van der Waals surface area contributed by atoms with Crippen molar-refractivity contribution in [1.29, 1.82) is 0 Å². The van der Waals surface area contributed by atoms with Crippen molar-refractivity contribution in [3.63, 3.8) is 0 Å². The summed E-state index contributed by atoms with van der Waals surface area (Å²) in [5.74, 6) is 0.802. The average molecular weight is 277 g/mol. The molecule has 2 rings (SSSR count). The summed E-state index contributed by atoms with van der Waals surface area (Å²) in [6.45, 7) is 4.29. The molecule has 0 aromatic carbocycles. The molecule has 0 radical (unpaired) electrons.